The van der Waals surface area contributed by atoms with Crippen molar-refractivity contribution in [2.24, 2.45) is 0 Å². The van der Waals surface area contributed by atoms with Crippen molar-refractivity contribution in [2.45, 2.75) is 9.79 Å². The summed E-state index contributed by atoms with van der Waals surface area (Å²) in [5.74, 6) is -0.841. The van der Waals surface area contributed by atoms with Gasteiger partial charge in [-0.3, -0.25) is 4.98 Å². The second-order valence-electron chi connectivity index (χ2n) is 3.12. The molecule has 16 heavy (non-hydrogen) atoms. The Morgan fingerprint density at radius 3 is 2.38 bits per heavy atom. The predicted molar refractivity (Wildman–Crippen MR) is 56.1 cm³/mol. The van der Waals surface area contributed by atoms with Crippen molar-refractivity contribution < 1.29 is 12.8 Å². The molecule has 0 aliphatic rings. The van der Waals surface area contributed by atoms with Gasteiger partial charge in [-0.15, -0.1) is 0 Å². The summed E-state index contributed by atoms with van der Waals surface area (Å²) in [6.45, 7) is 0. The fraction of sp³-hybridized carbons (Fsp3) is 0. The Hall–Kier alpha value is -1.75. The largest absolute Gasteiger partial charge is 0.262 e. The zero-order valence-electron chi connectivity index (χ0n) is 8.17. The maximum atomic E-state index is 13.3. The van der Waals surface area contributed by atoms with Gasteiger partial charge in [0.2, 0.25) is 9.84 Å². The number of hydrogen-bond donors (Lipinski definition) is 0. The molecule has 5 heteroatoms. The minimum absolute atomic E-state index is 0.0695. The Morgan fingerprint density at radius 2 is 1.75 bits per heavy atom. The van der Waals surface area contributed by atoms with Gasteiger partial charge in [0.15, 0.2) is 5.82 Å². The summed E-state index contributed by atoms with van der Waals surface area (Å²) in [6.07, 6.45) is 2.13. The van der Waals surface area contributed by atoms with E-state index in [1.165, 1.54) is 18.3 Å². The fourth-order valence-corrected chi connectivity index (χ4v) is 2.63. The molecule has 0 fully saturated rings. The van der Waals surface area contributed by atoms with Gasteiger partial charge < -0.3 is 0 Å². The van der Waals surface area contributed by atoms with E-state index in [-0.39, 0.29) is 9.79 Å². The maximum absolute atomic E-state index is 13.3. The van der Waals surface area contributed by atoms with Gasteiger partial charge in [-0.1, -0.05) is 18.2 Å². The van der Waals surface area contributed by atoms with Crippen LogP contribution in [0.5, 0.6) is 0 Å². The molecule has 82 valence electrons. The second kappa shape index (κ2) is 4.02. The molecule has 1 aromatic carbocycles. The highest BCUT2D eigenvalue weighted by Gasteiger charge is 2.20. The quantitative estimate of drug-likeness (QED) is 0.803. The molecule has 1 heterocycles. The highest BCUT2D eigenvalue weighted by atomic mass is 32.2. The average molecular weight is 237 g/mol. The van der Waals surface area contributed by atoms with Crippen molar-refractivity contribution in [3.63, 3.8) is 0 Å². The Kier molecular flexibility index (Phi) is 2.70. The normalized spacial score (nSPS) is 11.3. The summed E-state index contributed by atoms with van der Waals surface area (Å²) in [7, 11) is -3.78. The Balaban J connectivity index is 2.62. The van der Waals surface area contributed by atoms with Crippen LogP contribution in [0.2, 0.25) is 0 Å². The number of hydrogen-bond acceptors (Lipinski definition) is 3. The van der Waals surface area contributed by atoms with Crippen molar-refractivity contribution in [2.75, 3.05) is 0 Å². The molecular weight excluding hydrogens is 229 g/mol. The van der Waals surface area contributed by atoms with E-state index >= 15 is 0 Å². The van der Waals surface area contributed by atoms with E-state index in [4.69, 9.17) is 0 Å². The van der Waals surface area contributed by atoms with Crippen LogP contribution >= 0.6 is 0 Å². The van der Waals surface area contributed by atoms with Crippen LogP contribution in [-0.4, -0.2) is 13.4 Å². The predicted octanol–water partition coefficient (Wildman–Crippen LogP) is 2.05. The Bertz CT molecular complexity index is 596. The molecule has 3 nitrogen and oxygen atoms in total. The van der Waals surface area contributed by atoms with Crippen LogP contribution in [0.1, 0.15) is 0 Å². The number of sulfone groups is 1. The van der Waals surface area contributed by atoms with Crippen molar-refractivity contribution in [3.05, 3.63) is 54.6 Å². The molecule has 0 aliphatic heterocycles. The van der Waals surface area contributed by atoms with Crippen LogP contribution in [0.15, 0.2) is 58.6 Å². The summed E-state index contributed by atoms with van der Waals surface area (Å²) in [5.41, 5.74) is 0. The molecule has 0 saturated carbocycles. The van der Waals surface area contributed by atoms with Crippen LogP contribution < -0.4 is 0 Å². The van der Waals surface area contributed by atoms with Crippen LogP contribution in [0, 0.1) is 5.82 Å². The summed E-state index contributed by atoms with van der Waals surface area (Å²) in [4.78, 5) is 3.23. The first-order valence-electron chi connectivity index (χ1n) is 4.52. The van der Waals surface area contributed by atoms with Gasteiger partial charge in [-0.05, 0) is 18.2 Å². The van der Waals surface area contributed by atoms with Gasteiger partial charge >= 0.3 is 0 Å². The summed E-state index contributed by atoms with van der Waals surface area (Å²) < 4.78 is 37.3. The van der Waals surface area contributed by atoms with E-state index in [2.05, 4.69) is 4.98 Å². The Morgan fingerprint density at radius 1 is 1.06 bits per heavy atom. The van der Waals surface area contributed by atoms with E-state index in [1.54, 1.807) is 18.2 Å². The lowest BCUT2D eigenvalue weighted by Crippen LogP contribution is -2.04. The molecule has 0 spiro atoms. The van der Waals surface area contributed by atoms with Crippen LogP contribution in [0.4, 0.5) is 4.39 Å². The number of benzene rings is 1. The summed E-state index contributed by atoms with van der Waals surface area (Å²) >= 11 is 0. The molecule has 2 aromatic rings. The minimum atomic E-state index is -3.78. The van der Waals surface area contributed by atoms with E-state index in [0.29, 0.717) is 0 Å². The molecule has 2 rings (SSSR count). The third-order valence-corrected chi connectivity index (χ3v) is 3.88. The number of pyridine rings is 1. The third kappa shape index (κ3) is 1.81. The van der Waals surface area contributed by atoms with Crippen LogP contribution in [0.25, 0.3) is 0 Å². The van der Waals surface area contributed by atoms with Crippen molar-refractivity contribution >= 4 is 9.84 Å². The third-order valence-electron chi connectivity index (χ3n) is 2.08. The maximum Gasteiger partial charge on any atom is 0.209 e. The second-order valence-corrected chi connectivity index (χ2v) is 5.04. The van der Waals surface area contributed by atoms with Gasteiger partial charge in [0, 0.05) is 6.20 Å². The standard InChI is InChI=1S/C11H8FNO2S/c12-10-8-13-7-6-11(10)16(14,15)9-4-2-1-3-5-9/h1-8H. The molecule has 0 aliphatic carbocycles. The van der Waals surface area contributed by atoms with E-state index in [9.17, 15) is 12.8 Å². The Labute approximate surface area is 92.5 Å². The van der Waals surface area contributed by atoms with Crippen LogP contribution in [-0.2, 0) is 9.84 Å². The van der Waals surface area contributed by atoms with Gasteiger partial charge in [0.25, 0.3) is 0 Å². The minimum Gasteiger partial charge on any atom is -0.262 e. The number of nitrogens with zero attached hydrogens (tertiary/aromatic N) is 1. The van der Waals surface area contributed by atoms with E-state index < -0.39 is 15.7 Å². The number of rotatable bonds is 2. The summed E-state index contributed by atoms with van der Waals surface area (Å²) in [6, 6.07) is 8.88. The van der Waals surface area contributed by atoms with Gasteiger partial charge in [0.1, 0.15) is 4.90 Å². The number of halogens is 1. The van der Waals surface area contributed by atoms with Gasteiger partial charge in [-0.2, -0.15) is 0 Å². The van der Waals surface area contributed by atoms with Crippen molar-refractivity contribution in [1.82, 2.24) is 4.98 Å². The lowest BCUT2D eigenvalue weighted by molar-refractivity contribution is 0.563. The zero-order chi connectivity index (χ0) is 11.6. The fourth-order valence-electron chi connectivity index (χ4n) is 1.31. The summed E-state index contributed by atoms with van der Waals surface area (Å²) in [5, 5.41) is 0. The first-order chi connectivity index (χ1) is 7.62. The first kappa shape index (κ1) is 10.8. The van der Waals surface area contributed by atoms with Crippen LogP contribution in [0.3, 0.4) is 0 Å². The highest BCUT2D eigenvalue weighted by molar-refractivity contribution is 7.91. The van der Waals surface area contributed by atoms with Gasteiger partial charge in [0.05, 0.1) is 11.1 Å². The molecule has 0 radical (unpaired) electrons. The monoisotopic (exact) mass is 237 g/mol. The lowest BCUT2D eigenvalue weighted by atomic mass is 10.4. The van der Waals surface area contributed by atoms with Crippen molar-refractivity contribution in [1.29, 1.82) is 0 Å². The molecule has 0 amide bonds. The smallest absolute Gasteiger partial charge is 0.209 e. The molecule has 0 saturated heterocycles. The first-order valence-corrected chi connectivity index (χ1v) is 6.00. The molecule has 0 bridgehead atoms. The molecule has 0 unspecified atom stereocenters. The molecule has 0 atom stereocenters. The number of aromatic nitrogens is 1. The zero-order valence-corrected chi connectivity index (χ0v) is 8.99. The van der Waals surface area contributed by atoms with Gasteiger partial charge in [-0.25, -0.2) is 12.8 Å². The SMILES string of the molecule is O=S(=O)(c1ccccc1)c1ccncc1F. The van der Waals surface area contributed by atoms with Crippen molar-refractivity contribution in [3.8, 4) is 0 Å². The molecule has 1 aromatic heterocycles. The highest BCUT2D eigenvalue weighted by Crippen LogP contribution is 2.21. The van der Waals surface area contributed by atoms with E-state index in [1.807, 2.05) is 0 Å². The molecular formula is C11H8FNO2S. The topological polar surface area (TPSA) is 47.0 Å². The van der Waals surface area contributed by atoms with E-state index in [0.717, 1.165) is 12.3 Å². The lowest BCUT2D eigenvalue weighted by Gasteiger charge is -2.04. The average Bonchev–Trinajstić information content (AvgIpc) is 2.30. The molecule has 0 N–H and O–H groups in total.